The second-order valence-electron chi connectivity index (χ2n) is 0.455. The molecule has 0 aliphatic rings. The molecule has 0 aliphatic heterocycles. The van der Waals surface area contributed by atoms with E-state index < -0.39 is 0 Å². The summed E-state index contributed by atoms with van der Waals surface area (Å²) in [6.07, 6.45) is 1.15. The molecule has 6 heavy (non-hydrogen) atoms. The third-order valence-electron chi connectivity index (χ3n) is 0.118. The standard InChI is InChI=1S/C3H5O.BrH.Zn/c1-2-3-4;;/h3H,1-2H2;1H;/p-1. The molecule has 1 nitrogen and oxygen atoms in total. The van der Waals surface area contributed by atoms with Gasteiger partial charge in [-0.1, -0.05) is 0 Å². The van der Waals surface area contributed by atoms with Crippen molar-refractivity contribution in [2.45, 2.75) is 6.42 Å². The van der Waals surface area contributed by atoms with Gasteiger partial charge in [0.05, 0.1) is 0 Å². The van der Waals surface area contributed by atoms with Gasteiger partial charge in [0.2, 0.25) is 0 Å². The maximum Gasteiger partial charge on any atom is 0.119 e. The zero-order valence-corrected chi connectivity index (χ0v) is 8.04. The smallest absolute Gasteiger partial charge is 0.119 e. The van der Waals surface area contributed by atoms with Crippen LogP contribution in [0.15, 0.2) is 0 Å². The Labute approximate surface area is 61.0 Å². The average Bonchev–Trinajstić information content (AvgIpc) is 1.37. The first-order valence-electron chi connectivity index (χ1n) is 1.14. The molecule has 0 saturated carbocycles. The number of hydrogen-bond acceptors (Lipinski definition) is 1. The van der Waals surface area contributed by atoms with Crippen LogP contribution in [0.5, 0.6) is 0 Å². The van der Waals surface area contributed by atoms with Crippen molar-refractivity contribution in [2.75, 3.05) is 0 Å². The fourth-order valence-electron chi connectivity index (χ4n) is 0. The van der Waals surface area contributed by atoms with Gasteiger partial charge in [-0.15, -0.1) is 0 Å². The van der Waals surface area contributed by atoms with E-state index in [9.17, 15) is 0 Å². The minimum Gasteiger partial charge on any atom is -1.00 e. The summed E-state index contributed by atoms with van der Waals surface area (Å²) in [6.45, 7) is 3.24. The van der Waals surface area contributed by atoms with Gasteiger partial charge in [-0.3, -0.25) is 0 Å². The molecule has 0 fully saturated rings. The maximum absolute atomic E-state index is 9.11. The predicted molar refractivity (Wildman–Crippen MR) is 16.0 cm³/mol. The summed E-state index contributed by atoms with van der Waals surface area (Å²) in [5.74, 6) is 0. The van der Waals surface area contributed by atoms with Crippen molar-refractivity contribution < 1.29 is 41.3 Å². The van der Waals surface area contributed by atoms with Crippen molar-refractivity contribution >= 4 is 6.29 Å². The molecule has 0 atom stereocenters. The molecule has 0 heterocycles. The minimum atomic E-state index is 0. The van der Waals surface area contributed by atoms with E-state index in [1.54, 1.807) is 0 Å². The van der Waals surface area contributed by atoms with Crippen LogP contribution in [0.25, 0.3) is 0 Å². The van der Waals surface area contributed by atoms with E-state index in [2.05, 4.69) is 6.92 Å². The molecule has 0 amide bonds. The van der Waals surface area contributed by atoms with Crippen molar-refractivity contribution in [1.29, 1.82) is 0 Å². The Bertz CT molecular complexity index is 24.8. The van der Waals surface area contributed by atoms with Crippen LogP contribution < -0.4 is 17.0 Å². The van der Waals surface area contributed by atoms with Gasteiger partial charge in [0, 0.05) is 25.9 Å². The normalized spacial score (nSPS) is 4.17. The van der Waals surface area contributed by atoms with Crippen LogP contribution in [0.4, 0.5) is 0 Å². The molecular formula is C3H5BrOZn-. The Balaban J connectivity index is -0.0000000450. The monoisotopic (exact) mass is 200 g/mol. The summed E-state index contributed by atoms with van der Waals surface area (Å²) in [7, 11) is 0. The Kier molecular flexibility index (Phi) is 45.2. The molecule has 0 unspecified atom stereocenters. The summed E-state index contributed by atoms with van der Waals surface area (Å²) in [4.78, 5) is 9.11. The van der Waals surface area contributed by atoms with E-state index in [4.69, 9.17) is 4.79 Å². The van der Waals surface area contributed by atoms with Crippen molar-refractivity contribution in [1.82, 2.24) is 0 Å². The third kappa shape index (κ3) is 21.6. The Morgan fingerprint density at radius 3 is 1.83 bits per heavy atom. The van der Waals surface area contributed by atoms with Gasteiger partial charge in [-0.25, -0.2) is 0 Å². The van der Waals surface area contributed by atoms with E-state index in [1.807, 2.05) is 0 Å². The molecule has 0 saturated heterocycles. The minimum absolute atomic E-state index is 0. The molecule has 3 heteroatoms. The van der Waals surface area contributed by atoms with Gasteiger partial charge in [-0.2, -0.15) is 0 Å². The Hall–Kier alpha value is 0.773. The van der Waals surface area contributed by atoms with E-state index >= 15 is 0 Å². The first-order valence-corrected chi connectivity index (χ1v) is 1.14. The first-order chi connectivity index (χ1) is 1.91. The fourth-order valence-corrected chi connectivity index (χ4v) is 0. The summed E-state index contributed by atoms with van der Waals surface area (Å²) in [6, 6.07) is 0. The van der Waals surface area contributed by atoms with Crippen LogP contribution in [0, 0.1) is 6.92 Å². The van der Waals surface area contributed by atoms with Gasteiger partial charge >= 0.3 is 0 Å². The Morgan fingerprint density at radius 2 is 1.83 bits per heavy atom. The summed E-state index contributed by atoms with van der Waals surface area (Å²) in [5.41, 5.74) is 0. The van der Waals surface area contributed by atoms with Crippen molar-refractivity contribution in [3.63, 3.8) is 0 Å². The number of carbonyl (C=O) groups excluding carboxylic acids is 1. The second kappa shape index (κ2) is 17.1. The third-order valence-corrected chi connectivity index (χ3v) is 0.118. The molecule has 0 spiro atoms. The van der Waals surface area contributed by atoms with Gasteiger partial charge in [0.25, 0.3) is 0 Å². The van der Waals surface area contributed by atoms with Crippen molar-refractivity contribution in [3.8, 4) is 0 Å². The molecule has 0 rings (SSSR count). The van der Waals surface area contributed by atoms with Gasteiger partial charge in [0.15, 0.2) is 0 Å². The predicted octanol–water partition coefficient (Wildman–Crippen LogP) is -2.59. The molecule has 0 N–H and O–H groups in total. The number of hydrogen-bond donors (Lipinski definition) is 0. The Morgan fingerprint density at radius 1 is 1.67 bits per heavy atom. The number of carbonyl (C=O) groups is 1. The molecular weight excluding hydrogens is 197 g/mol. The first kappa shape index (κ1) is 15.9. The SMILES string of the molecule is [Br-].[CH2]CC=O.[Zn]. The fraction of sp³-hybridized carbons (Fsp3) is 0.333. The molecule has 1 radical (unpaired) electrons. The van der Waals surface area contributed by atoms with Crippen molar-refractivity contribution in [2.24, 2.45) is 0 Å². The maximum atomic E-state index is 9.11. The van der Waals surface area contributed by atoms with Gasteiger partial charge < -0.3 is 21.8 Å². The molecule has 0 bridgehead atoms. The number of rotatable bonds is 1. The molecule has 0 aliphatic carbocycles. The molecule has 0 aromatic rings. The zero-order valence-electron chi connectivity index (χ0n) is 3.48. The van der Waals surface area contributed by atoms with Gasteiger partial charge in [-0.05, 0) is 6.92 Å². The summed E-state index contributed by atoms with van der Waals surface area (Å²) in [5, 5.41) is 0. The zero-order chi connectivity index (χ0) is 3.41. The average molecular weight is 202 g/mol. The van der Waals surface area contributed by atoms with Crippen LogP contribution in [0.3, 0.4) is 0 Å². The molecule has 33 valence electrons. The number of halogens is 1. The second-order valence-corrected chi connectivity index (χ2v) is 0.455. The van der Waals surface area contributed by atoms with E-state index in [-0.39, 0.29) is 36.5 Å². The van der Waals surface area contributed by atoms with Crippen LogP contribution in [-0.4, -0.2) is 6.29 Å². The summed E-state index contributed by atoms with van der Waals surface area (Å²) < 4.78 is 0. The molecule has 0 aromatic carbocycles. The summed E-state index contributed by atoms with van der Waals surface area (Å²) >= 11 is 0. The molecule has 0 aromatic heterocycles. The largest absolute Gasteiger partial charge is 1.00 e. The van der Waals surface area contributed by atoms with Crippen LogP contribution in [-0.2, 0) is 24.3 Å². The van der Waals surface area contributed by atoms with Crippen molar-refractivity contribution in [3.05, 3.63) is 6.92 Å². The van der Waals surface area contributed by atoms with Crippen LogP contribution in [0.2, 0.25) is 0 Å². The van der Waals surface area contributed by atoms with E-state index in [1.165, 1.54) is 0 Å². The number of aldehydes is 1. The van der Waals surface area contributed by atoms with E-state index in [0.717, 1.165) is 6.29 Å². The van der Waals surface area contributed by atoms with E-state index in [0.29, 0.717) is 6.42 Å². The topological polar surface area (TPSA) is 17.1 Å². The van der Waals surface area contributed by atoms with Crippen LogP contribution >= 0.6 is 0 Å². The van der Waals surface area contributed by atoms with Crippen LogP contribution in [0.1, 0.15) is 6.42 Å². The quantitative estimate of drug-likeness (QED) is 0.337. The van der Waals surface area contributed by atoms with Gasteiger partial charge in [0.1, 0.15) is 6.29 Å².